The maximum Gasteiger partial charge on any atom is 0.454 e. The van der Waals surface area contributed by atoms with E-state index in [-0.39, 0.29) is 12.7 Å². The zero-order valence-electron chi connectivity index (χ0n) is 10.1. The average molecular weight is 218 g/mol. The molecule has 1 aliphatic heterocycles. The van der Waals surface area contributed by atoms with Gasteiger partial charge < -0.3 is 9.31 Å². The lowest BCUT2D eigenvalue weighted by molar-refractivity contribution is 0.0766. The van der Waals surface area contributed by atoms with Crippen LogP contribution in [0.4, 0.5) is 0 Å². The first-order valence-electron chi connectivity index (χ1n) is 6.12. The number of benzene rings is 1. The predicted molar refractivity (Wildman–Crippen MR) is 66.3 cm³/mol. The molecule has 0 spiro atoms. The highest BCUT2D eigenvalue weighted by Gasteiger charge is 2.42. The van der Waals surface area contributed by atoms with Crippen LogP contribution in [0.25, 0.3) is 0 Å². The number of hydrogen-bond acceptors (Lipinski definition) is 2. The van der Waals surface area contributed by atoms with Gasteiger partial charge in [-0.25, -0.2) is 0 Å². The van der Waals surface area contributed by atoms with Gasteiger partial charge in [0.25, 0.3) is 0 Å². The molecule has 0 amide bonds. The molecule has 0 radical (unpaired) electrons. The van der Waals surface area contributed by atoms with Crippen LogP contribution < -0.4 is 0 Å². The van der Waals surface area contributed by atoms with Crippen LogP contribution in [0.2, 0.25) is 6.82 Å². The Morgan fingerprint density at radius 1 is 1.31 bits per heavy atom. The third-order valence-corrected chi connectivity index (χ3v) is 3.18. The SMILES string of the molecule is CCCCC1(c2ccccc2)COB(C)O1. The fourth-order valence-corrected chi connectivity index (χ4v) is 2.27. The largest absolute Gasteiger partial charge is 0.454 e. The Morgan fingerprint density at radius 3 is 2.62 bits per heavy atom. The lowest BCUT2D eigenvalue weighted by Crippen LogP contribution is -2.29. The lowest BCUT2D eigenvalue weighted by atomic mass is 9.88. The molecule has 1 unspecified atom stereocenters. The van der Waals surface area contributed by atoms with E-state index in [0.29, 0.717) is 6.61 Å². The second-order valence-electron chi connectivity index (χ2n) is 4.46. The van der Waals surface area contributed by atoms with Crippen molar-refractivity contribution >= 4 is 7.12 Å². The molecule has 1 aliphatic rings. The van der Waals surface area contributed by atoms with Gasteiger partial charge in [-0.05, 0) is 18.8 Å². The fourth-order valence-electron chi connectivity index (χ4n) is 2.27. The highest BCUT2D eigenvalue weighted by molar-refractivity contribution is 6.43. The van der Waals surface area contributed by atoms with Crippen molar-refractivity contribution in [3.8, 4) is 0 Å². The summed E-state index contributed by atoms with van der Waals surface area (Å²) in [4.78, 5) is 0. The van der Waals surface area contributed by atoms with Crippen molar-refractivity contribution in [2.24, 2.45) is 0 Å². The minimum atomic E-state index is -0.212. The Hall–Kier alpha value is -0.795. The van der Waals surface area contributed by atoms with E-state index in [1.165, 1.54) is 18.4 Å². The normalized spacial score (nSPS) is 25.0. The first kappa shape index (κ1) is 11.7. The Morgan fingerprint density at radius 2 is 2.06 bits per heavy atom. The van der Waals surface area contributed by atoms with Crippen LogP contribution in [0.15, 0.2) is 30.3 Å². The molecule has 1 saturated heterocycles. The van der Waals surface area contributed by atoms with E-state index in [1.807, 2.05) is 12.9 Å². The van der Waals surface area contributed by atoms with E-state index >= 15 is 0 Å². The number of hydrogen-bond donors (Lipinski definition) is 0. The molecule has 1 heterocycles. The molecule has 16 heavy (non-hydrogen) atoms. The smallest absolute Gasteiger partial charge is 0.408 e. The summed E-state index contributed by atoms with van der Waals surface area (Å²) in [6.45, 7) is 4.85. The second kappa shape index (κ2) is 5.02. The lowest BCUT2D eigenvalue weighted by Gasteiger charge is -2.28. The van der Waals surface area contributed by atoms with Crippen LogP contribution in [-0.2, 0) is 14.9 Å². The molecule has 1 fully saturated rings. The van der Waals surface area contributed by atoms with Crippen LogP contribution in [-0.4, -0.2) is 13.7 Å². The molecule has 0 aliphatic carbocycles. The van der Waals surface area contributed by atoms with Crippen molar-refractivity contribution in [1.29, 1.82) is 0 Å². The highest BCUT2D eigenvalue weighted by Crippen LogP contribution is 2.36. The fraction of sp³-hybridized carbons (Fsp3) is 0.538. The molecule has 0 aromatic heterocycles. The van der Waals surface area contributed by atoms with Gasteiger partial charge in [0.1, 0.15) is 5.60 Å². The van der Waals surface area contributed by atoms with Gasteiger partial charge in [-0.3, -0.25) is 0 Å². The molecule has 2 rings (SSSR count). The second-order valence-corrected chi connectivity index (χ2v) is 4.46. The van der Waals surface area contributed by atoms with Crippen molar-refractivity contribution < 1.29 is 9.31 Å². The van der Waals surface area contributed by atoms with Gasteiger partial charge in [0.15, 0.2) is 0 Å². The van der Waals surface area contributed by atoms with Crippen molar-refractivity contribution in [3.63, 3.8) is 0 Å². The van der Waals surface area contributed by atoms with E-state index in [1.54, 1.807) is 0 Å². The zero-order chi connectivity index (χ0) is 11.4. The third kappa shape index (κ3) is 2.31. The van der Waals surface area contributed by atoms with Gasteiger partial charge in [0.05, 0.1) is 6.61 Å². The van der Waals surface area contributed by atoms with E-state index < -0.39 is 0 Å². The summed E-state index contributed by atoms with van der Waals surface area (Å²) in [5.41, 5.74) is 1.03. The van der Waals surface area contributed by atoms with Crippen molar-refractivity contribution in [1.82, 2.24) is 0 Å². The molecule has 0 N–H and O–H groups in total. The maximum atomic E-state index is 6.01. The van der Waals surface area contributed by atoms with Crippen LogP contribution in [0.1, 0.15) is 31.7 Å². The standard InChI is InChI=1S/C13H19BO2/c1-3-4-10-13(11-15-14(2)16-13)12-8-6-5-7-9-12/h5-9H,3-4,10-11H2,1-2H3. The summed E-state index contributed by atoms with van der Waals surface area (Å²) in [6.07, 6.45) is 3.40. The van der Waals surface area contributed by atoms with Gasteiger partial charge in [-0.15, -0.1) is 0 Å². The first-order chi connectivity index (χ1) is 7.77. The van der Waals surface area contributed by atoms with Gasteiger partial charge in [-0.2, -0.15) is 0 Å². The predicted octanol–water partition coefficient (Wildman–Crippen LogP) is 3.24. The molecule has 0 saturated carbocycles. The number of rotatable bonds is 4. The van der Waals surface area contributed by atoms with E-state index in [0.717, 1.165) is 6.42 Å². The average Bonchev–Trinajstić information content (AvgIpc) is 2.71. The molecular formula is C13H19BO2. The van der Waals surface area contributed by atoms with Gasteiger partial charge in [0, 0.05) is 0 Å². The van der Waals surface area contributed by atoms with Crippen LogP contribution in [0, 0.1) is 0 Å². The molecule has 3 heteroatoms. The summed E-state index contributed by atoms with van der Waals surface area (Å²) >= 11 is 0. The number of unbranched alkanes of at least 4 members (excludes halogenated alkanes) is 1. The van der Waals surface area contributed by atoms with Crippen molar-refractivity contribution in [3.05, 3.63) is 35.9 Å². The molecule has 1 atom stereocenters. The third-order valence-electron chi connectivity index (χ3n) is 3.18. The van der Waals surface area contributed by atoms with Crippen LogP contribution in [0.5, 0.6) is 0 Å². The van der Waals surface area contributed by atoms with Crippen LogP contribution >= 0.6 is 0 Å². The van der Waals surface area contributed by atoms with Crippen molar-refractivity contribution in [2.45, 2.75) is 38.6 Å². The zero-order valence-corrected chi connectivity index (χ0v) is 10.1. The summed E-state index contributed by atoms with van der Waals surface area (Å²) in [6, 6.07) is 10.4. The minimum Gasteiger partial charge on any atom is -0.408 e. The molecular weight excluding hydrogens is 199 g/mol. The quantitative estimate of drug-likeness (QED) is 0.722. The Kier molecular flexibility index (Phi) is 3.67. The van der Waals surface area contributed by atoms with Crippen LogP contribution in [0.3, 0.4) is 0 Å². The molecule has 0 bridgehead atoms. The first-order valence-corrected chi connectivity index (χ1v) is 6.12. The summed E-state index contributed by atoms with van der Waals surface area (Å²) < 4.78 is 11.6. The van der Waals surface area contributed by atoms with Gasteiger partial charge >= 0.3 is 7.12 Å². The van der Waals surface area contributed by atoms with E-state index in [4.69, 9.17) is 9.31 Å². The topological polar surface area (TPSA) is 18.5 Å². The van der Waals surface area contributed by atoms with Crippen molar-refractivity contribution in [2.75, 3.05) is 6.61 Å². The Bertz CT molecular complexity index is 328. The van der Waals surface area contributed by atoms with Gasteiger partial charge in [0.2, 0.25) is 0 Å². The molecule has 1 aromatic carbocycles. The summed E-state index contributed by atoms with van der Waals surface area (Å²) in [5.74, 6) is 0. The Balaban J connectivity index is 2.21. The molecule has 86 valence electrons. The van der Waals surface area contributed by atoms with Gasteiger partial charge in [-0.1, -0.05) is 50.1 Å². The summed E-state index contributed by atoms with van der Waals surface area (Å²) in [5, 5.41) is 0. The van der Waals surface area contributed by atoms with E-state index in [2.05, 4.69) is 31.2 Å². The highest BCUT2D eigenvalue weighted by atomic mass is 16.7. The Labute approximate surface area is 98.1 Å². The minimum absolute atomic E-state index is 0.0861. The molecule has 2 nitrogen and oxygen atoms in total. The molecule has 1 aromatic rings. The maximum absolute atomic E-state index is 6.01. The van der Waals surface area contributed by atoms with E-state index in [9.17, 15) is 0 Å². The summed E-state index contributed by atoms with van der Waals surface area (Å²) in [7, 11) is -0.0861. The monoisotopic (exact) mass is 218 g/mol.